The van der Waals surface area contributed by atoms with Crippen molar-refractivity contribution in [3.63, 3.8) is 0 Å². The van der Waals surface area contributed by atoms with Crippen molar-refractivity contribution in [2.45, 2.75) is 26.3 Å². The number of nitrogens with one attached hydrogen (secondary N) is 1. The molecule has 0 amide bonds. The maximum absolute atomic E-state index is 4.28. The summed E-state index contributed by atoms with van der Waals surface area (Å²) in [6, 6.07) is 6.32. The van der Waals surface area contributed by atoms with Gasteiger partial charge >= 0.3 is 0 Å². The summed E-state index contributed by atoms with van der Waals surface area (Å²) in [5, 5.41) is 3.31. The Kier molecular flexibility index (Phi) is 3.59. The van der Waals surface area contributed by atoms with Crippen LogP contribution in [-0.4, -0.2) is 16.6 Å². The minimum absolute atomic E-state index is 0.114. The van der Waals surface area contributed by atoms with Crippen LogP contribution < -0.4 is 5.32 Å². The fourth-order valence-corrected chi connectivity index (χ4v) is 2.12. The van der Waals surface area contributed by atoms with Gasteiger partial charge in [-0.25, -0.2) is 4.98 Å². The molecule has 1 aromatic carbocycles. The highest BCUT2D eigenvalue weighted by atomic mass is 79.9. The van der Waals surface area contributed by atoms with Gasteiger partial charge in [-0.1, -0.05) is 15.9 Å². The zero-order chi connectivity index (χ0) is 13.3. The minimum Gasteiger partial charge on any atom is -0.310 e. The van der Waals surface area contributed by atoms with Gasteiger partial charge in [-0.3, -0.25) is 0 Å². The Balaban J connectivity index is 2.52. The van der Waals surface area contributed by atoms with Crippen LogP contribution in [0.3, 0.4) is 0 Å². The second kappa shape index (κ2) is 4.86. The molecule has 1 N–H and O–H groups in total. The zero-order valence-electron chi connectivity index (χ0n) is 11.2. The van der Waals surface area contributed by atoms with E-state index in [1.807, 2.05) is 19.6 Å². The number of halogens is 1. The summed E-state index contributed by atoms with van der Waals surface area (Å²) in [6.07, 6.45) is 3.77. The molecule has 0 bridgehead atoms. The molecule has 0 saturated carbocycles. The van der Waals surface area contributed by atoms with Crippen LogP contribution in [0.25, 0.3) is 5.69 Å². The third-order valence-electron chi connectivity index (χ3n) is 3.32. The SMILES string of the molecule is CNC(C)(C)c1cncn1-c1ccc(Br)c(C)c1. The quantitative estimate of drug-likeness (QED) is 0.942. The number of nitrogens with zero attached hydrogens (tertiary/aromatic N) is 2. The molecular formula is C14H18BrN3. The monoisotopic (exact) mass is 307 g/mol. The molecule has 4 heteroatoms. The number of rotatable bonds is 3. The molecule has 0 aliphatic carbocycles. The van der Waals surface area contributed by atoms with E-state index in [2.05, 4.69) is 69.8 Å². The molecule has 0 atom stereocenters. The summed E-state index contributed by atoms with van der Waals surface area (Å²) in [5.41, 5.74) is 3.38. The number of imidazole rings is 1. The van der Waals surface area contributed by atoms with Gasteiger partial charge in [-0.15, -0.1) is 0 Å². The van der Waals surface area contributed by atoms with Crippen LogP contribution in [0.5, 0.6) is 0 Å². The van der Waals surface area contributed by atoms with Crippen molar-refractivity contribution in [2.75, 3.05) is 7.05 Å². The standard InChI is InChI=1S/C14H18BrN3/c1-10-7-11(5-6-12(10)15)18-9-17-8-13(18)14(2,3)16-4/h5-9,16H,1-4H3. The van der Waals surface area contributed by atoms with Crippen molar-refractivity contribution in [2.24, 2.45) is 0 Å². The molecule has 0 spiro atoms. The first kappa shape index (κ1) is 13.3. The van der Waals surface area contributed by atoms with Gasteiger partial charge < -0.3 is 9.88 Å². The maximum atomic E-state index is 4.28. The van der Waals surface area contributed by atoms with Gasteiger partial charge in [0.05, 0.1) is 23.8 Å². The van der Waals surface area contributed by atoms with Crippen LogP contribution in [0.1, 0.15) is 25.1 Å². The fraction of sp³-hybridized carbons (Fsp3) is 0.357. The average Bonchev–Trinajstić information content (AvgIpc) is 2.82. The van der Waals surface area contributed by atoms with Gasteiger partial charge in [-0.05, 0) is 51.6 Å². The Morgan fingerprint density at radius 3 is 2.67 bits per heavy atom. The summed E-state index contributed by atoms with van der Waals surface area (Å²) in [6.45, 7) is 6.38. The van der Waals surface area contributed by atoms with E-state index in [4.69, 9.17) is 0 Å². The first-order chi connectivity index (χ1) is 8.45. The van der Waals surface area contributed by atoms with Crippen molar-refractivity contribution in [3.05, 3.63) is 46.5 Å². The van der Waals surface area contributed by atoms with Gasteiger partial charge in [0.15, 0.2) is 0 Å². The smallest absolute Gasteiger partial charge is 0.0994 e. The van der Waals surface area contributed by atoms with Gasteiger partial charge in [0.1, 0.15) is 0 Å². The second-order valence-electron chi connectivity index (χ2n) is 4.96. The number of benzene rings is 1. The lowest BCUT2D eigenvalue weighted by Crippen LogP contribution is -2.35. The van der Waals surface area contributed by atoms with Gasteiger partial charge in [-0.2, -0.15) is 0 Å². The van der Waals surface area contributed by atoms with Gasteiger partial charge in [0, 0.05) is 10.2 Å². The maximum Gasteiger partial charge on any atom is 0.0994 e. The highest BCUT2D eigenvalue weighted by molar-refractivity contribution is 9.10. The van der Waals surface area contributed by atoms with Gasteiger partial charge in [0.2, 0.25) is 0 Å². The zero-order valence-corrected chi connectivity index (χ0v) is 12.7. The number of hydrogen-bond donors (Lipinski definition) is 1. The predicted molar refractivity (Wildman–Crippen MR) is 78.1 cm³/mol. The molecule has 96 valence electrons. The van der Waals surface area contributed by atoms with Crippen molar-refractivity contribution >= 4 is 15.9 Å². The van der Waals surface area contributed by atoms with Crippen molar-refractivity contribution < 1.29 is 0 Å². The second-order valence-corrected chi connectivity index (χ2v) is 5.81. The molecule has 1 heterocycles. The molecule has 0 radical (unpaired) electrons. The predicted octanol–water partition coefficient (Wildman–Crippen LogP) is 3.40. The Morgan fingerprint density at radius 1 is 1.33 bits per heavy atom. The lowest BCUT2D eigenvalue weighted by atomic mass is 10.0. The van der Waals surface area contributed by atoms with Crippen molar-refractivity contribution in [1.82, 2.24) is 14.9 Å². The Labute approximate surface area is 116 Å². The van der Waals surface area contributed by atoms with Crippen molar-refractivity contribution in [3.8, 4) is 5.69 Å². The van der Waals surface area contributed by atoms with E-state index in [-0.39, 0.29) is 5.54 Å². The topological polar surface area (TPSA) is 29.9 Å². The fourth-order valence-electron chi connectivity index (χ4n) is 1.87. The van der Waals surface area contributed by atoms with E-state index >= 15 is 0 Å². The van der Waals surface area contributed by atoms with Crippen LogP contribution in [0.2, 0.25) is 0 Å². The Hall–Kier alpha value is -1.13. The van der Waals surface area contributed by atoms with Crippen LogP contribution in [0.15, 0.2) is 35.2 Å². The van der Waals surface area contributed by atoms with Crippen LogP contribution in [-0.2, 0) is 5.54 Å². The first-order valence-corrected chi connectivity index (χ1v) is 6.73. The molecule has 0 aliphatic rings. The summed E-state index contributed by atoms with van der Waals surface area (Å²) in [4.78, 5) is 4.28. The molecule has 1 aromatic heterocycles. The molecule has 2 rings (SSSR count). The summed E-state index contributed by atoms with van der Waals surface area (Å²) in [5.74, 6) is 0. The summed E-state index contributed by atoms with van der Waals surface area (Å²) >= 11 is 3.53. The van der Waals surface area contributed by atoms with E-state index in [1.54, 1.807) is 0 Å². The molecule has 0 unspecified atom stereocenters. The Bertz CT molecular complexity index is 558. The van der Waals surface area contributed by atoms with Gasteiger partial charge in [0.25, 0.3) is 0 Å². The molecule has 18 heavy (non-hydrogen) atoms. The van der Waals surface area contributed by atoms with E-state index in [0.29, 0.717) is 0 Å². The third-order valence-corrected chi connectivity index (χ3v) is 4.21. The molecule has 2 aromatic rings. The Morgan fingerprint density at radius 2 is 2.06 bits per heavy atom. The molecule has 0 fully saturated rings. The summed E-state index contributed by atoms with van der Waals surface area (Å²) < 4.78 is 3.25. The molecule has 0 saturated heterocycles. The number of aromatic nitrogens is 2. The van der Waals surface area contributed by atoms with Crippen LogP contribution in [0.4, 0.5) is 0 Å². The normalized spacial score (nSPS) is 11.8. The largest absolute Gasteiger partial charge is 0.310 e. The molecule has 3 nitrogen and oxygen atoms in total. The van der Waals surface area contributed by atoms with E-state index in [9.17, 15) is 0 Å². The number of hydrogen-bond acceptors (Lipinski definition) is 2. The third kappa shape index (κ3) is 2.35. The highest BCUT2D eigenvalue weighted by Gasteiger charge is 2.22. The average molecular weight is 308 g/mol. The lowest BCUT2D eigenvalue weighted by molar-refractivity contribution is 0.425. The van der Waals surface area contributed by atoms with E-state index in [1.165, 1.54) is 5.56 Å². The van der Waals surface area contributed by atoms with E-state index in [0.717, 1.165) is 15.9 Å². The minimum atomic E-state index is -0.114. The molecular weight excluding hydrogens is 290 g/mol. The first-order valence-electron chi connectivity index (χ1n) is 5.94. The van der Waals surface area contributed by atoms with Crippen LogP contribution in [0, 0.1) is 6.92 Å². The number of aryl methyl sites for hydroxylation is 1. The van der Waals surface area contributed by atoms with E-state index < -0.39 is 0 Å². The highest BCUT2D eigenvalue weighted by Crippen LogP contribution is 2.25. The van der Waals surface area contributed by atoms with Crippen LogP contribution >= 0.6 is 15.9 Å². The van der Waals surface area contributed by atoms with Crippen molar-refractivity contribution in [1.29, 1.82) is 0 Å². The summed E-state index contributed by atoms with van der Waals surface area (Å²) in [7, 11) is 1.96. The molecule has 0 aliphatic heterocycles. The lowest BCUT2D eigenvalue weighted by Gasteiger charge is -2.25.